The second-order valence-electron chi connectivity index (χ2n) is 5.29. The Bertz CT molecular complexity index is 906. The lowest BCUT2D eigenvalue weighted by molar-refractivity contribution is -0.133. The Hall–Kier alpha value is -1.93. The smallest absolute Gasteiger partial charge is 0.313 e. The van der Waals surface area contributed by atoms with E-state index in [0.717, 1.165) is 44.9 Å². The highest BCUT2D eigenvalue weighted by atomic mass is 32.2. The molecule has 0 aliphatic heterocycles. The van der Waals surface area contributed by atoms with Crippen molar-refractivity contribution in [3.8, 4) is 0 Å². The van der Waals surface area contributed by atoms with Gasteiger partial charge in [-0.1, -0.05) is 11.8 Å². The van der Waals surface area contributed by atoms with Gasteiger partial charge in [0, 0.05) is 18.5 Å². The molecule has 6 nitrogen and oxygen atoms in total. The van der Waals surface area contributed by atoms with Crippen LogP contribution in [0.3, 0.4) is 0 Å². The Morgan fingerprint density at radius 1 is 1.33 bits per heavy atom. The monoisotopic (exact) mass is 362 g/mol. The maximum Gasteiger partial charge on any atom is 0.313 e. The van der Waals surface area contributed by atoms with Crippen molar-refractivity contribution >= 4 is 55.3 Å². The van der Waals surface area contributed by atoms with Gasteiger partial charge < -0.3 is 10.0 Å². The van der Waals surface area contributed by atoms with Crippen molar-refractivity contribution in [3.05, 3.63) is 18.0 Å². The summed E-state index contributed by atoms with van der Waals surface area (Å²) in [5, 5.41) is 10.6. The van der Waals surface area contributed by atoms with Crippen LogP contribution in [0.2, 0.25) is 0 Å². The third-order valence-corrected chi connectivity index (χ3v) is 5.98. The molecule has 0 fully saturated rings. The molecule has 0 aliphatic carbocycles. The lowest BCUT2D eigenvalue weighted by atomic mass is 10.2. The van der Waals surface area contributed by atoms with Gasteiger partial charge in [0.25, 0.3) is 0 Å². The van der Waals surface area contributed by atoms with E-state index in [0.29, 0.717) is 5.03 Å². The Morgan fingerprint density at radius 3 is 2.75 bits per heavy atom. The van der Waals surface area contributed by atoms with Crippen molar-refractivity contribution in [3.63, 3.8) is 0 Å². The van der Waals surface area contributed by atoms with Crippen LogP contribution in [-0.4, -0.2) is 44.9 Å². The van der Waals surface area contributed by atoms with E-state index in [1.54, 1.807) is 0 Å². The SMILES string of the molecule is CCN(CC)c1cc(C)c2c(n1)sc1c(SCC(=O)O)ncnc12. The zero-order chi connectivity index (χ0) is 17.3. The highest BCUT2D eigenvalue weighted by Crippen LogP contribution is 2.38. The van der Waals surface area contributed by atoms with Crippen LogP contribution in [0.25, 0.3) is 20.4 Å². The predicted octanol–water partition coefficient (Wildman–Crippen LogP) is 3.57. The number of carboxylic acid groups (broad SMARTS) is 1. The number of carbonyl (C=O) groups is 1. The Morgan fingerprint density at radius 2 is 2.08 bits per heavy atom. The Labute approximate surface area is 147 Å². The van der Waals surface area contributed by atoms with E-state index in [4.69, 9.17) is 10.1 Å². The van der Waals surface area contributed by atoms with Crippen LogP contribution in [0.4, 0.5) is 5.82 Å². The molecule has 0 aromatic carbocycles. The van der Waals surface area contributed by atoms with Gasteiger partial charge in [0.15, 0.2) is 0 Å². The summed E-state index contributed by atoms with van der Waals surface area (Å²) in [5.74, 6) is 0.0903. The molecule has 0 amide bonds. The number of carboxylic acids is 1. The summed E-state index contributed by atoms with van der Waals surface area (Å²) in [6.07, 6.45) is 1.50. The van der Waals surface area contributed by atoms with Crippen molar-refractivity contribution in [2.75, 3.05) is 23.7 Å². The second kappa shape index (κ2) is 6.90. The molecule has 3 rings (SSSR count). The van der Waals surface area contributed by atoms with Gasteiger partial charge in [0.1, 0.15) is 22.0 Å². The third-order valence-electron chi connectivity index (χ3n) is 3.80. The van der Waals surface area contributed by atoms with Gasteiger partial charge in [-0.15, -0.1) is 11.3 Å². The van der Waals surface area contributed by atoms with Crippen LogP contribution in [0.5, 0.6) is 0 Å². The van der Waals surface area contributed by atoms with Crippen molar-refractivity contribution in [2.24, 2.45) is 0 Å². The van der Waals surface area contributed by atoms with E-state index in [1.807, 2.05) is 0 Å². The number of aromatic nitrogens is 3. The molecule has 0 atom stereocenters. The van der Waals surface area contributed by atoms with Crippen molar-refractivity contribution in [1.82, 2.24) is 15.0 Å². The number of hydrogen-bond donors (Lipinski definition) is 1. The average molecular weight is 362 g/mol. The maximum absolute atomic E-state index is 10.8. The van der Waals surface area contributed by atoms with E-state index in [1.165, 1.54) is 29.4 Å². The zero-order valence-electron chi connectivity index (χ0n) is 13.7. The van der Waals surface area contributed by atoms with Crippen molar-refractivity contribution in [2.45, 2.75) is 25.8 Å². The minimum atomic E-state index is -0.856. The first-order valence-corrected chi connectivity index (χ1v) is 9.49. The number of anilines is 1. The molecule has 126 valence electrons. The first-order valence-electron chi connectivity index (χ1n) is 7.69. The van der Waals surface area contributed by atoms with E-state index < -0.39 is 5.97 Å². The molecule has 0 bridgehead atoms. The molecule has 0 unspecified atom stereocenters. The lowest BCUT2D eigenvalue weighted by Gasteiger charge is -2.20. The second-order valence-corrected chi connectivity index (χ2v) is 7.25. The summed E-state index contributed by atoms with van der Waals surface area (Å²) in [4.78, 5) is 27.4. The number of aliphatic carboxylic acids is 1. The molecular formula is C16H18N4O2S2. The zero-order valence-corrected chi connectivity index (χ0v) is 15.4. The number of pyridine rings is 1. The van der Waals surface area contributed by atoms with Crippen LogP contribution in [-0.2, 0) is 4.79 Å². The van der Waals surface area contributed by atoms with Gasteiger partial charge in [0.05, 0.1) is 16.0 Å². The molecule has 0 radical (unpaired) electrons. The molecule has 0 spiro atoms. The number of hydrogen-bond acceptors (Lipinski definition) is 7. The van der Waals surface area contributed by atoms with E-state index in [-0.39, 0.29) is 5.75 Å². The number of fused-ring (bicyclic) bond motifs is 3. The highest BCUT2D eigenvalue weighted by molar-refractivity contribution is 8.00. The van der Waals surface area contributed by atoms with E-state index in [2.05, 4.69) is 41.7 Å². The molecule has 0 aliphatic rings. The van der Waals surface area contributed by atoms with Crippen LogP contribution in [0.1, 0.15) is 19.4 Å². The fourth-order valence-electron chi connectivity index (χ4n) is 2.66. The molecule has 0 saturated carbocycles. The lowest BCUT2D eigenvalue weighted by Crippen LogP contribution is -2.22. The summed E-state index contributed by atoms with van der Waals surface area (Å²) in [7, 11) is 0. The molecule has 3 heterocycles. The largest absolute Gasteiger partial charge is 0.481 e. The summed E-state index contributed by atoms with van der Waals surface area (Å²) < 4.78 is 0.908. The van der Waals surface area contributed by atoms with E-state index >= 15 is 0 Å². The minimum absolute atomic E-state index is 0.0164. The van der Waals surface area contributed by atoms with Gasteiger partial charge in [-0.3, -0.25) is 4.79 Å². The highest BCUT2D eigenvalue weighted by Gasteiger charge is 2.17. The molecule has 8 heteroatoms. The number of nitrogens with zero attached hydrogens (tertiary/aromatic N) is 4. The minimum Gasteiger partial charge on any atom is -0.481 e. The van der Waals surface area contributed by atoms with Crippen LogP contribution < -0.4 is 4.90 Å². The molecule has 24 heavy (non-hydrogen) atoms. The van der Waals surface area contributed by atoms with Gasteiger partial charge in [-0.25, -0.2) is 15.0 Å². The standard InChI is InChI=1S/C16H18N4O2S2/c1-4-20(5-2)10-6-9(3)12-13-14(24-15(12)19-10)16(18-8-17-13)23-7-11(21)22/h6,8H,4-5,7H2,1-3H3,(H,21,22). The van der Waals surface area contributed by atoms with E-state index in [9.17, 15) is 4.79 Å². The maximum atomic E-state index is 10.8. The fraction of sp³-hybridized carbons (Fsp3) is 0.375. The summed E-state index contributed by atoms with van der Waals surface area (Å²) >= 11 is 2.75. The first kappa shape index (κ1) is 16.9. The topological polar surface area (TPSA) is 79.2 Å². The summed E-state index contributed by atoms with van der Waals surface area (Å²) in [5.41, 5.74) is 1.98. The van der Waals surface area contributed by atoms with Gasteiger partial charge in [0.2, 0.25) is 0 Å². The predicted molar refractivity (Wildman–Crippen MR) is 99.4 cm³/mol. The van der Waals surface area contributed by atoms with Crippen LogP contribution >= 0.6 is 23.1 Å². The number of aryl methyl sites for hydroxylation is 1. The summed E-state index contributed by atoms with van der Waals surface area (Å²) in [6, 6.07) is 2.09. The van der Waals surface area contributed by atoms with Gasteiger partial charge in [-0.2, -0.15) is 0 Å². The fourth-order valence-corrected chi connectivity index (χ4v) is 4.65. The Balaban J connectivity index is 2.17. The molecular weight excluding hydrogens is 344 g/mol. The first-order chi connectivity index (χ1) is 11.5. The quantitative estimate of drug-likeness (QED) is 0.530. The molecule has 1 N–H and O–H groups in total. The molecule has 3 aromatic heterocycles. The van der Waals surface area contributed by atoms with Crippen LogP contribution in [0, 0.1) is 6.92 Å². The number of rotatable bonds is 6. The van der Waals surface area contributed by atoms with Crippen molar-refractivity contribution in [1.29, 1.82) is 0 Å². The number of thioether (sulfide) groups is 1. The van der Waals surface area contributed by atoms with Crippen molar-refractivity contribution < 1.29 is 9.90 Å². The molecule has 3 aromatic rings. The average Bonchev–Trinajstić information content (AvgIpc) is 2.93. The molecule has 0 saturated heterocycles. The van der Waals surface area contributed by atoms with Crippen LogP contribution in [0.15, 0.2) is 17.4 Å². The Kier molecular flexibility index (Phi) is 4.86. The third kappa shape index (κ3) is 3.03. The number of thiophene rings is 1. The normalized spacial score (nSPS) is 11.3. The van der Waals surface area contributed by atoms with Gasteiger partial charge in [-0.05, 0) is 32.4 Å². The van der Waals surface area contributed by atoms with Gasteiger partial charge >= 0.3 is 5.97 Å². The summed E-state index contributed by atoms with van der Waals surface area (Å²) in [6.45, 7) is 8.09.